The maximum absolute atomic E-state index is 11.8. The average molecular weight is 243 g/mol. The van der Waals surface area contributed by atoms with Crippen molar-refractivity contribution in [2.45, 2.75) is 39.2 Å². The summed E-state index contributed by atoms with van der Waals surface area (Å²) in [7, 11) is 1.46. The van der Waals surface area contributed by atoms with E-state index >= 15 is 0 Å². The summed E-state index contributed by atoms with van der Waals surface area (Å²) in [5.41, 5.74) is -0.448. The van der Waals surface area contributed by atoms with Crippen LogP contribution in [0.4, 0.5) is 0 Å². The Labute approximate surface area is 104 Å². The minimum absolute atomic E-state index is 0.126. The first-order chi connectivity index (χ1) is 8.00. The second-order valence-corrected chi connectivity index (χ2v) is 5.32. The van der Waals surface area contributed by atoms with Gasteiger partial charge in [-0.1, -0.05) is 13.8 Å². The molecule has 1 rings (SSSR count). The van der Waals surface area contributed by atoms with Crippen molar-refractivity contribution in [3.05, 3.63) is 0 Å². The van der Waals surface area contributed by atoms with Crippen LogP contribution in [0.5, 0.6) is 0 Å². The predicted molar refractivity (Wildman–Crippen MR) is 66.9 cm³/mol. The van der Waals surface area contributed by atoms with Crippen molar-refractivity contribution in [3.63, 3.8) is 0 Å². The molecule has 0 amide bonds. The molecule has 1 saturated heterocycles. The molecule has 0 aromatic heterocycles. The average Bonchev–Trinajstić information content (AvgIpc) is 2.66. The number of rotatable bonds is 6. The van der Waals surface area contributed by atoms with Crippen LogP contribution < -0.4 is 0 Å². The Kier molecular flexibility index (Phi) is 5.40. The maximum Gasteiger partial charge on any atom is 0.325 e. The third-order valence-corrected chi connectivity index (χ3v) is 3.37. The molecule has 1 atom stereocenters. The largest absolute Gasteiger partial charge is 0.468 e. The lowest BCUT2D eigenvalue weighted by atomic mass is 9.99. The van der Waals surface area contributed by atoms with E-state index in [0.717, 1.165) is 32.5 Å². The first-order valence-corrected chi connectivity index (χ1v) is 6.42. The number of hydrogen-bond acceptors (Lipinski definition) is 4. The van der Waals surface area contributed by atoms with Crippen molar-refractivity contribution < 1.29 is 14.3 Å². The van der Waals surface area contributed by atoms with Gasteiger partial charge in [0.05, 0.1) is 13.7 Å². The molecule has 0 radical (unpaired) electrons. The van der Waals surface area contributed by atoms with Gasteiger partial charge in [-0.2, -0.15) is 0 Å². The number of esters is 1. The second kappa shape index (κ2) is 6.36. The number of carbonyl (C=O) groups excluding carboxylic acids is 1. The number of methoxy groups -OCH3 is 1. The Morgan fingerprint density at radius 1 is 1.47 bits per heavy atom. The van der Waals surface area contributed by atoms with Gasteiger partial charge in [0.1, 0.15) is 5.54 Å². The molecule has 0 saturated carbocycles. The summed E-state index contributed by atoms with van der Waals surface area (Å²) in [4.78, 5) is 14.0. The molecule has 0 spiro atoms. The monoisotopic (exact) mass is 243 g/mol. The van der Waals surface area contributed by atoms with Gasteiger partial charge in [0, 0.05) is 13.2 Å². The van der Waals surface area contributed by atoms with Gasteiger partial charge in [-0.15, -0.1) is 0 Å². The molecule has 1 aliphatic rings. The zero-order chi connectivity index (χ0) is 12.9. The maximum atomic E-state index is 11.8. The lowest BCUT2D eigenvalue weighted by molar-refractivity contribution is -0.152. The summed E-state index contributed by atoms with van der Waals surface area (Å²) in [5.74, 6) is 0.430. The normalized spacial score (nSPS) is 25.5. The molecule has 0 aromatic rings. The van der Waals surface area contributed by atoms with Crippen molar-refractivity contribution in [2.75, 3.05) is 33.4 Å². The Balaban J connectivity index is 2.39. The third-order valence-electron chi connectivity index (χ3n) is 3.37. The fraction of sp³-hybridized carbons (Fsp3) is 0.923. The van der Waals surface area contributed by atoms with Crippen LogP contribution in [0, 0.1) is 5.92 Å². The van der Waals surface area contributed by atoms with Crippen LogP contribution in [0.2, 0.25) is 0 Å². The van der Waals surface area contributed by atoms with Crippen LogP contribution in [-0.2, 0) is 14.3 Å². The number of ether oxygens (including phenoxy) is 2. The lowest BCUT2D eigenvalue weighted by Crippen LogP contribution is -2.49. The van der Waals surface area contributed by atoms with Crippen LogP contribution in [0.1, 0.15) is 33.6 Å². The van der Waals surface area contributed by atoms with Crippen LogP contribution in [0.15, 0.2) is 0 Å². The molecule has 100 valence electrons. The molecule has 0 N–H and O–H groups in total. The Bertz CT molecular complexity index is 255. The standard InChI is InChI=1S/C13H25NO3/c1-11(2)10-17-9-8-14-7-5-6-13(14,3)12(15)16-4/h11H,5-10H2,1-4H3/t13-/m0/s1. The highest BCUT2D eigenvalue weighted by Gasteiger charge is 2.43. The SMILES string of the molecule is COC(=O)[C@]1(C)CCCN1CCOCC(C)C. The molecule has 0 bridgehead atoms. The molecular formula is C13H25NO3. The highest BCUT2D eigenvalue weighted by Crippen LogP contribution is 2.29. The summed E-state index contributed by atoms with van der Waals surface area (Å²) >= 11 is 0. The number of likely N-dealkylation sites (tertiary alicyclic amines) is 1. The van der Waals surface area contributed by atoms with E-state index in [1.807, 2.05) is 6.92 Å². The summed E-state index contributed by atoms with van der Waals surface area (Å²) in [6.45, 7) is 9.46. The Morgan fingerprint density at radius 3 is 2.76 bits per heavy atom. The minimum atomic E-state index is -0.448. The molecule has 17 heavy (non-hydrogen) atoms. The Hall–Kier alpha value is -0.610. The van der Waals surface area contributed by atoms with Crippen LogP contribution in [-0.4, -0.2) is 49.8 Å². The first kappa shape index (κ1) is 14.5. The zero-order valence-corrected chi connectivity index (χ0v) is 11.5. The summed E-state index contributed by atoms with van der Waals surface area (Å²) in [6.07, 6.45) is 1.93. The summed E-state index contributed by atoms with van der Waals surface area (Å²) in [5, 5.41) is 0. The van der Waals surface area contributed by atoms with Gasteiger partial charge in [-0.3, -0.25) is 9.69 Å². The van der Waals surface area contributed by atoms with E-state index in [2.05, 4.69) is 18.7 Å². The number of hydrogen-bond donors (Lipinski definition) is 0. The molecule has 4 nitrogen and oxygen atoms in total. The fourth-order valence-corrected chi connectivity index (χ4v) is 2.32. The predicted octanol–water partition coefficient (Wildman–Crippen LogP) is 1.69. The van der Waals surface area contributed by atoms with E-state index in [-0.39, 0.29) is 5.97 Å². The van der Waals surface area contributed by atoms with Crippen molar-refractivity contribution in [1.82, 2.24) is 4.90 Å². The van der Waals surface area contributed by atoms with Crippen LogP contribution in [0.25, 0.3) is 0 Å². The van der Waals surface area contributed by atoms with Crippen molar-refractivity contribution in [3.8, 4) is 0 Å². The van der Waals surface area contributed by atoms with Gasteiger partial charge in [0.25, 0.3) is 0 Å². The quantitative estimate of drug-likeness (QED) is 0.525. The fourth-order valence-electron chi connectivity index (χ4n) is 2.32. The van der Waals surface area contributed by atoms with Crippen molar-refractivity contribution in [2.24, 2.45) is 5.92 Å². The van der Waals surface area contributed by atoms with Crippen molar-refractivity contribution in [1.29, 1.82) is 0 Å². The molecule has 1 fully saturated rings. The summed E-state index contributed by atoms with van der Waals surface area (Å²) < 4.78 is 10.5. The van der Waals surface area contributed by atoms with E-state index in [1.165, 1.54) is 7.11 Å². The molecular weight excluding hydrogens is 218 g/mol. The van der Waals surface area contributed by atoms with Gasteiger partial charge in [0.15, 0.2) is 0 Å². The molecule has 0 aromatic carbocycles. The highest BCUT2D eigenvalue weighted by atomic mass is 16.5. The first-order valence-electron chi connectivity index (χ1n) is 6.42. The van der Waals surface area contributed by atoms with Crippen LogP contribution in [0.3, 0.4) is 0 Å². The summed E-state index contributed by atoms with van der Waals surface area (Å²) in [6, 6.07) is 0. The van der Waals surface area contributed by atoms with E-state index in [0.29, 0.717) is 12.5 Å². The second-order valence-electron chi connectivity index (χ2n) is 5.32. The molecule has 1 aliphatic heterocycles. The zero-order valence-electron chi connectivity index (χ0n) is 11.5. The smallest absolute Gasteiger partial charge is 0.325 e. The molecule has 0 aliphatic carbocycles. The number of carbonyl (C=O) groups is 1. The van der Waals surface area contributed by atoms with E-state index in [4.69, 9.17) is 9.47 Å². The van der Waals surface area contributed by atoms with Crippen molar-refractivity contribution >= 4 is 5.97 Å². The van der Waals surface area contributed by atoms with Gasteiger partial charge in [-0.05, 0) is 32.2 Å². The van der Waals surface area contributed by atoms with E-state index in [1.54, 1.807) is 0 Å². The Morgan fingerprint density at radius 2 is 2.18 bits per heavy atom. The molecule has 0 unspecified atom stereocenters. The van der Waals surface area contributed by atoms with Gasteiger partial charge < -0.3 is 9.47 Å². The van der Waals surface area contributed by atoms with Crippen LogP contribution >= 0.6 is 0 Å². The van der Waals surface area contributed by atoms with Gasteiger partial charge in [-0.25, -0.2) is 0 Å². The lowest BCUT2D eigenvalue weighted by Gasteiger charge is -2.32. The third kappa shape index (κ3) is 3.68. The van der Waals surface area contributed by atoms with Gasteiger partial charge in [0.2, 0.25) is 0 Å². The number of nitrogens with zero attached hydrogens (tertiary/aromatic N) is 1. The topological polar surface area (TPSA) is 38.8 Å². The molecule has 1 heterocycles. The highest BCUT2D eigenvalue weighted by molar-refractivity contribution is 5.80. The minimum Gasteiger partial charge on any atom is -0.468 e. The van der Waals surface area contributed by atoms with E-state index in [9.17, 15) is 4.79 Å². The molecule has 4 heteroatoms. The van der Waals surface area contributed by atoms with E-state index < -0.39 is 5.54 Å². The van der Waals surface area contributed by atoms with Gasteiger partial charge >= 0.3 is 5.97 Å².